The summed E-state index contributed by atoms with van der Waals surface area (Å²) < 4.78 is 16.9. The zero-order chi connectivity index (χ0) is 10.6. The molecule has 0 aromatic rings. The molecule has 3 atom stereocenters. The van der Waals surface area contributed by atoms with Gasteiger partial charge in [-0.1, -0.05) is 13.8 Å². The minimum atomic E-state index is -2.41. The average molecular weight is 257 g/mol. The fourth-order valence-corrected chi connectivity index (χ4v) is 7.28. The first kappa shape index (κ1) is 11.3. The molecule has 2 nitrogen and oxygen atoms in total. The summed E-state index contributed by atoms with van der Waals surface area (Å²) in [6.45, 7) is 4.60. The molecule has 82 valence electrons. The first-order chi connectivity index (χ1) is 6.36. The Bertz CT molecular complexity index is 305. The summed E-state index contributed by atoms with van der Waals surface area (Å²) in [6.07, 6.45) is 2.02. The van der Waals surface area contributed by atoms with Crippen LogP contribution in [0.1, 0.15) is 20.3 Å². The molecule has 2 fully saturated rings. The van der Waals surface area contributed by atoms with Crippen molar-refractivity contribution in [1.82, 2.24) is 0 Å². The van der Waals surface area contributed by atoms with E-state index >= 15 is 0 Å². The zero-order valence-corrected chi connectivity index (χ0v) is 10.8. The van der Waals surface area contributed by atoms with Crippen molar-refractivity contribution in [3.8, 4) is 0 Å². The summed E-state index contributed by atoms with van der Waals surface area (Å²) in [5, 5.41) is 0. The summed E-state index contributed by atoms with van der Waals surface area (Å²) in [4.78, 5) is 0. The van der Waals surface area contributed by atoms with Crippen molar-refractivity contribution in [3.63, 3.8) is 0 Å². The van der Waals surface area contributed by atoms with Crippen molar-refractivity contribution < 1.29 is 9.09 Å². The summed E-state index contributed by atoms with van der Waals surface area (Å²) in [7, 11) is -2.41. The quantitative estimate of drug-likeness (QED) is 0.571. The topological polar surface area (TPSA) is 26.3 Å². The molecule has 0 bridgehead atoms. The van der Waals surface area contributed by atoms with Crippen LogP contribution >= 0.6 is 30.6 Å². The van der Waals surface area contributed by atoms with Crippen LogP contribution in [0, 0.1) is 11.3 Å². The second-order valence-electron chi connectivity index (χ2n) is 4.58. The van der Waals surface area contributed by atoms with Gasteiger partial charge >= 0.3 is 0 Å². The van der Waals surface area contributed by atoms with E-state index in [1.165, 1.54) is 0 Å². The van der Waals surface area contributed by atoms with Crippen molar-refractivity contribution in [3.05, 3.63) is 0 Å². The van der Waals surface area contributed by atoms with E-state index in [4.69, 9.17) is 27.7 Å². The van der Waals surface area contributed by atoms with Crippen LogP contribution in [0.5, 0.6) is 0 Å². The van der Waals surface area contributed by atoms with E-state index < -0.39 is 11.7 Å². The molecule has 3 unspecified atom stereocenters. The van der Waals surface area contributed by atoms with E-state index in [0.717, 1.165) is 6.42 Å². The molecule has 1 aliphatic heterocycles. The molecule has 1 saturated carbocycles. The Morgan fingerprint density at radius 3 is 2.64 bits per heavy atom. The zero-order valence-electron chi connectivity index (χ0n) is 8.43. The Morgan fingerprint density at radius 2 is 2.21 bits per heavy atom. The highest BCUT2D eigenvalue weighted by Gasteiger charge is 2.79. The Hall–Kier alpha value is 0.770. The van der Waals surface area contributed by atoms with Crippen LogP contribution in [0.2, 0.25) is 0 Å². The van der Waals surface area contributed by atoms with E-state index in [9.17, 15) is 4.57 Å². The highest BCUT2D eigenvalue weighted by molar-refractivity contribution is 7.59. The van der Waals surface area contributed by atoms with Crippen LogP contribution in [0.3, 0.4) is 0 Å². The first-order valence-electron chi connectivity index (χ1n) is 4.96. The molecule has 0 N–H and O–H groups in total. The maximum absolute atomic E-state index is 12.2. The second-order valence-corrected chi connectivity index (χ2v) is 8.54. The molecule has 5 heteroatoms. The standard InChI is InChI=1S/C9H15Cl2O2P/c1-3-4-13-14(12)5-7-8(2,6-14)9(7,10)11/h7H,3-6H2,1-2H3. The van der Waals surface area contributed by atoms with Crippen LogP contribution < -0.4 is 0 Å². The fraction of sp³-hybridized carbons (Fsp3) is 1.00. The number of alkyl halides is 2. The van der Waals surface area contributed by atoms with Gasteiger partial charge in [0, 0.05) is 23.7 Å². The van der Waals surface area contributed by atoms with Crippen molar-refractivity contribution in [2.24, 2.45) is 11.3 Å². The molecule has 2 rings (SSSR count). The van der Waals surface area contributed by atoms with Crippen molar-refractivity contribution in [2.75, 3.05) is 18.9 Å². The van der Waals surface area contributed by atoms with Crippen LogP contribution in [0.15, 0.2) is 0 Å². The van der Waals surface area contributed by atoms with Crippen LogP contribution in [0.25, 0.3) is 0 Å². The van der Waals surface area contributed by atoms with Gasteiger partial charge in [-0.05, 0) is 6.42 Å². The van der Waals surface area contributed by atoms with E-state index in [1.807, 2.05) is 13.8 Å². The van der Waals surface area contributed by atoms with E-state index in [-0.39, 0.29) is 11.3 Å². The van der Waals surface area contributed by atoms with Crippen LogP contribution in [-0.4, -0.2) is 23.3 Å². The van der Waals surface area contributed by atoms with Gasteiger partial charge in [0.15, 0.2) is 0 Å². The third-order valence-electron chi connectivity index (χ3n) is 3.45. The predicted octanol–water partition coefficient (Wildman–Crippen LogP) is 3.51. The smallest absolute Gasteiger partial charge is 0.204 e. The Balaban J connectivity index is 2.03. The lowest BCUT2D eigenvalue weighted by atomic mass is 10.1. The van der Waals surface area contributed by atoms with Crippen molar-refractivity contribution in [1.29, 1.82) is 0 Å². The van der Waals surface area contributed by atoms with Gasteiger partial charge in [0.2, 0.25) is 7.37 Å². The van der Waals surface area contributed by atoms with Gasteiger partial charge in [-0.15, -0.1) is 23.2 Å². The molecule has 1 saturated heterocycles. The van der Waals surface area contributed by atoms with E-state index in [1.54, 1.807) is 0 Å². The summed E-state index contributed by atoms with van der Waals surface area (Å²) >= 11 is 12.2. The van der Waals surface area contributed by atoms with Crippen molar-refractivity contribution in [2.45, 2.75) is 24.6 Å². The van der Waals surface area contributed by atoms with Crippen LogP contribution in [0.4, 0.5) is 0 Å². The van der Waals surface area contributed by atoms with E-state index in [2.05, 4.69) is 0 Å². The van der Waals surface area contributed by atoms with Gasteiger partial charge in [-0.3, -0.25) is 4.57 Å². The molecule has 0 aromatic carbocycles. The lowest BCUT2D eigenvalue weighted by Crippen LogP contribution is -2.12. The van der Waals surface area contributed by atoms with Gasteiger partial charge < -0.3 is 4.52 Å². The number of fused-ring (bicyclic) bond motifs is 1. The number of rotatable bonds is 3. The molecule has 1 heterocycles. The number of hydrogen-bond acceptors (Lipinski definition) is 2. The molecule has 0 aromatic heterocycles. The second kappa shape index (κ2) is 3.13. The Kier molecular flexibility index (Phi) is 2.52. The molecule has 2 aliphatic rings. The molecule has 14 heavy (non-hydrogen) atoms. The molecular formula is C9H15Cl2O2P. The predicted molar refractivity (Wildman–Crippen MR) is 59.6 cm³/mol. The maximum atomic E-state index is 12.2. The molecule has 0 amide bonds. The largest absolute Gasteiger partial charge is 0.328 e. The summed E-state index contributed by atoms with van der Waals surface area (Å²) in [5.74, 6) is 0.168. The fourth-order valence-electron chi connectivity index (χ4n) is 2.41. The lowest BCUT2D eigenvalue weighted by Gasteiger charge is -2.19. The maximum Gasteiger partial charge on any atom is 0.204 e. The highest BCUT2D eigenvalue weighted by Crippen LogP contribution is 2.81. The minimum absolute atomic E-state index is 0.167. The highest BCUT2D eigenvalue weighted by atomic mass is 35.5. The van der Waals surface area contributed by atoms with Gasteiger partial charge in [0.25, 0.3) is 0 Å². The van der Waals surface area contributed by atoms with Gasteiger partial charge in [-0.2, -0.15) is 0 Å². The molecule has 0 radical (unpaired) electrons. The SMILES string of the molecule is CCCOP1(=O)CC2C(Cl)(Cl)C2(C)C1. The first-order valence-corrected chi connectivity index (χ1v) is 7.71. The van der Waals surface area contributed by atoms with Gasteiger partial charge in [0.05, 0.1) is 6.61 Å². The van der Waals surface area contributed by atoms with Crippen LogP contribution in [-0.2, 0) is 9.09 Å². The molecular weight excluding hydrogens is 242 g/mol. The van der Waals surface area contributed by atoms with Gasteiger partial charge in [-0.25, -0.2) is 0 Å². The lowest BCUT2D eigenvalue weighted by molar-refractivity contribution is 0.313. The Labute approximate surface area is 94.7 Å². The van der Waals surface area contributed by atoms with E-state index in [0.29, 0.717) is 18.9 Å². The minimum Gasteiger partial charge on any atom is -0.328 e. The van der Waals surface area contributed by atoms with Gasteiger partial charge in [0.1, 0.15) is 4.33 Å². The van der Waals surface area contributed by atoms with Crippen molar-refractivity contribution >= 4 is 30.6 Å². The summed E-state index contributed by atoms with van der Waals surface area (Å²) in [5.41, 5.74) is -0.167. The number of halogens is 2. The molecule has 0 spiro atoms. The normalized spacial score (nSPS) is 49.0. The third kappa shape index (κ3) is 1.38. The summed E-state index contributed by atoms with van der Waals surface area (Å²) in [6, 6.07) is 0. The average Bonchev–Trinajstić information content (AvgIpc) is 2.44. The Morgan fingerprint density at radius 1 is 1.57 bits per heavy atom. The molecule has 1 aliphatic carbocycles. The monoisotopic (exact) mass is 256 g/mol. The number of hydrogen-bond donors (Lipinski definition) is 0. The third-order valence-corrected chi connectivity index (χ3v) is 7.55.